The van der Waals surface area contributed by atoms with E-state index in [4.69, 9.17) is 5.11 Å². The Balaban J connectivity index is 2.11. The minimum absolute atomic E-state index is 0.210. The Morgan fingerprint density at radius 3 is 2.76 bits per heavy atom. The Bertz CT molecular complexity index is 288. The van der Waals surface area contributed by atoms with Gasteiger partial charge in [0.15, 0.2) is 0 Å². The van der Waals surface area contributed by atoms with Crippen molar-refractivity contribution in [1.29, 1.82) is 0 Å². The summed E-state index contributed by atoms with van der Waals surface area (Å²) in [7, 11) is 0. The first-order valence-corrected chi connectivity index (χ1v) is 6.29. The number of amides is 1. The molecule has 1 atom stereocenters. The van der Waals surface area contributed by atoms with Crippen molar-refractivity contribution in [3.8, 4) is 0 Å². The van der Waals surface area contributed by atoms with E-state index in [9.17, 15) is 9.59 Å². The van der Waals surface area contributed by atoms with E-state index in [1.807, 2.05) is 11.0 Å². The molecule has 1 aliphatic rings. The first-order valence-electron chi connectivity index (χ1n) is 6.29. The van der Waals surface area contributed by atoms with Crippen molar-refractivity contribution in [1.82, 2.24) is 4.90 Å². The number of rotatable bonds is 8. The van der Waals surface area contributed by atoms with Gasteiger partial charge in [0.25, 0.3) is 0 Å². The molecule has 96 valence electrons. The number of nitrogens with zero attached hydrogens (tertiary/aromatic N) is 1. The Morgan fingerprint density at radius 2 is 2.12 bits per heavy atom. The van der Waals surface area contributed by atoms with Crippen molar-refractivity contribution >= 4 is 11.9 Å². The lowest BCUT2D eigenvalue weighted by atomic mass is 10.1. The predicted molar refractivity (Wildman–Crippen MR) is 65.7 cm³/mol. The van der Waals surface area contributed by atoms with Crippen molar-refractivity contribution in [2.45, 2.75) is 51.0 Å². The molecule has 4 nitrogen and oxygen atoms in total. The summed E-state index contributed by atoms with van der Waals surface area (Å²) >= 11 is 0. The molecule has 0 spiro atoms. The quantitative estimate of drug-likeness (QED) is 0.522. The van der Waals surface area contributed by atoms with E-state index in [-0.39, 0.29) is 18.4 Å². The third kappa shape index (κ3) is 4.59. The zero-order valence-electron chi connectivity index (χ0n) is 10.2. The van der Waals surface area contributed by atoms with Crippen LogP contribution in [0.1, 0.15) is 44.9 Å². The summed E-state index contributed by atoms with van der Waals surface area (Å²) in [6, 6.07) is 0.210. The first kappa shape index (κ1) is 13.7. The van der Waals surface area contributed by atoms with E-state index in [1.165, 1.54) is 0 Å². The van der Waals surface area contributed by atoms with Crippen molar-refractivity contribution in [2.75, 3.05) is 6.54 Å². The summed E-state index contributed by atoms with van der Waals surface area (Å²) in [5.41, 5.74) is 0. The Kier molecular flexibility index (Phi) is 5.73. The molecule has 1 N–H and O–H groups in total. The minimum atomic E-state index is -0.730. The molecule has 0 aliphatic carbocycles. The molecule has 1 amide bonds. The van der Waals surface area contributed by atoms with Crippen LogP contribution in [0.4, 0.5) is 0 Å². The molecule has 0 aromatic carbocycles. The summed E-state index contributed by atoms with van der Waals surface area (Å²) in [5.74, 6) is -0.508. The van der Waals surface area contributed by atoms with Crippen LogP contribution in [0, 0.1) is 0 Å². The van der Waals surface area contributed by atoms with Crippen LogP contribution < -0.4 is 0 Å². The molecule has 0 saturated carbocycles. The molecule has 17 heavy (non-hydrogen) atoms. The van der Waals surface area contributed by atoms with E-state index in [1.54, 1.807) is 0 Å². The van der Waals surface area contributed by atoms with Gasteiger partial charge in [-0.05, 0) is 19.3 Å². The van der Waals surface area contributed by atoms with Crippen molar-refractivity contribution in [3.05, 3.63) is 12.7 Å². The lowest BCUT2D eigenvalue weighted by molar-refractivity contribution is -0.137. The number of carboxylic acids is 1. The maximum absolute atomic E-state index is 11.6. The van der Waals surface area contributed by atoms with Crippen LogP contribution in [0.2, 0.25) is 0 Å². The third-order valence-electron chi connectivity index (χ3n) is 3.19. The summed E-state index contributed by atoms with van der Waals surface area (Å²) in [5, 5.41) is 8.48. The Labute approximate surface area is 102 Å². The summed E-state index contributed by atoms with van der Waals surface area (Å²) in [6.45, 7) is 4.53. The SMILES string of the molecule is C=C[C@H]1CCC(=O)N1CCCCCCC(=O)O. The predicted octanol–water partition coefficient (Wildman–Crippen LogP) is 2.20. The number of likely N-dealkylation sites (tertiary alicyclic amines) is 1. The van der Waals surface area contributed by atoms with Gasteiger partial charge in [-0.3, -0.25) is 9.59 Å². The van der Waals surface area contributed by atoms with Crippen LogP contribution in [0.15, 0.2) is 12.7 Å². The second-order valence-electron chi connectivity index (χ2n) is 4.49. The first-order chi connectivity index (χ1) is 8.15. The Morgan fingerprint density at radius 1 is 1.41 bits per heavy atom. The molecule has 1 rings (SSSR count). The number of aliphatic carboxylic acids is 1. The van der Waals surface area contributed by atoms with Crippen LogP contribution in [0.25, 0.3) is 0 Å². The summed E-state index contributed by atoms with van der Waals surface area (Å²) in [6.07, 6.45) is 7.21. The summed E-state index contributed by atoms with van der Waals surface area (Å²) < 4.78 is 0. The van der Waals surface area contributed by atoms with Crippen molar-refractivity contribution in [3.63, 3.8) is 0 Å². The van der Waals surface area contributed by atoms with E-state index >= 15 is 0 Å². The fraction of sp³-hybridized carbons (Fsp3) is 0.692. The maximum atomic E-state index is 11.6. The average Bonchev–Trinajstić information content (AvgIpc) is 2.64. The largest absolute Gasteiger partial charge is 0.481 e. The van der Waals surface area contributed by atoms with Crippen LogP contribution >= 0.6 is 0 Å². The van der Waals surface area contributed by atoms with Gasteiger partial charge in [-0.1, -0.05) is 18.9 Å². The smallest absolute Gasteiger partial charge is 0.303 e. The highest BCUT2D eigenvalue weighted by molar-refractivity contribution is 5.79. The molecule has 1 saturated heterocycles. The lowest BCUT2D eigenvalue weighted by Crippen LogP contribution is -2.32. The fourth-order valence-corrected chi connectivity index (χ4v) is 2.20. The molecule has 1 fully saturated rings. The molecule has 4 heteroatoms. The average molecular weight is 239 g/mol. The normalized spacial score (nSPS) is 19.6. The molecule has 0 aromatic rings. The highest BCUT2D eigenvalue weighted by Gasteiger charge is 2.27. The van der Waals surface area contributed by atoms with E-state index in [0.29, 0.717) is 6.42 Å². The maximum Gasteiger partial charge on any atom is 0.303 e. The number of hydrogen-bond donors (Lipinski definition) is 1. The van der Waals surface area contributed by atoms with Gasteiger partial charge in [-0.25, -0.2) is 0 Å². The van der Waals surface area contributed by atoms with E-state index < -0.39 is 5.97 Å². The van der Waals surface area contributed by atoms with Gasteiger partial charge in [0.2, 0.25) is 5.91 Å². The van der Waals surface area contributed by atoms with Crippen LogP contribution in [-0.2, 0) is 9.59 Å². The molecule has 0 aromatic heterocycles. The van der Waals surface area contributed by atoms with Crippen LogP contribution in [0.5, 0.6) is 0 Å². The highest BCUT2D eigenvalue weighted by Crippen LogP contribution is 2.20. The lowest BCUT2D eigenvalue weighted by Gasteiger charge is -2.21. The van der Waals surface area contributed by atoms with E-state index in [0.717, 1.165) is 38.6 Å². The number of hydrogen-bond acceptors (Lipinski definition) is 2. The van der Waals surface area contributed by atoms with Gasteiger partial charge in [0.05, 0.1) is 6.04 Å². The molecular formula is C13H21NO3. The second kappa shape index (κ2) is 7.09. The van der Waals surface area contributed by atoms with Crippen molar-refractivity contribution < 1.29 is 14.7 Å². The number of unbranched alkanes of at least 4 members (excludes halogenated alkanes) is 3. The zero-order chi connectivity index (χ0) is 12.7. The van der Waals surface area contributed by atoms with Crippen LogP contribution in [0.3, 0.4) is 0 Å². The summed E-state index contributed by atoms with van der Waals surface area (Å²) in [4.78, 5) is 23.7. The molecule has 0 unspecified atom stereocenters. The minimum Gasteiger partial charge on any atom is -0.481 e. The third-order valence-corrected chi connectivity index (χ3v) is 3.19. The second-order valence-corrected chi connectivity index (χ2v) is 4.49. The molecule has 1 aliphatic heterocycles. The Hall–Kier alpha value is -1.32. The molecule has 0 radical (unpaired) electrons. The van der Waals surface area contributed by atoms with E-state index in [2.05, 4.69) is 6.58 Å². The topological polar surface area (TPSA) is 57.6 Å². The van der Waals surface area contributed by atoms with Gasteiger partial charge < -0.3 is 10.0 Å². The molecular weight excluding hydrogens is 218 g/mol. The molecule has 1 heterocycles. The number of carbonyl (C=O) groups excluding carboxylic acids is 1. The van der Waals surface area contributed by atoms with Crippen LogP contribution in [-0.4, -0.2) is 34.5 Å². The zero-order valence-corrected chi connectivity index (χ0v) is 10.2. The number of carboxylic acid groups (broad SMARTS) is 1. The van der Waals surface area contributed by atoms with Gasteiger partial charge >= 0.3 is 5.97 Å². The highest BCUT2D eigenvalue weighted by atomic mass is 16.4. The monoisotopic (exact) mass is 239 g/mol. The van der Waals surface area contributed by atoms with Crippen molar-refractivity contribution in [2.24, 2.45) is 0 Å². The molecule has 0 bridgehead atoms. The van der Waals surface area contributed by atoms with Gasteiger partial charge in [0, 0.05) is 19.4 Å². The van der Waals surface area contributed by atoms with Gasteiger partial charge in [-0.15, -0.1) is 6.58 Å². The standard InChI is InChI=1S/C13H21NO3/c1-2-11-8-9-12(15)14(11)10-6-4-3-5-7-13(16)17/h2,11H,1,3-10H2,(H,16,17)/t11-/m0/s1. The number of carbonyl (C=O) groups is 2. The van der Waals surface area contributed by atoms with Gasteiger partial charge in [0.1, 0.15) is 0 Å². The fourth-order valence-electron chi connectivity index (χ4n) is 2.20. The van der Waals surface area contributed by atoms with Gasteiger partial charge in [-0.2, -0.15) is 0 Å².